The van der Waals surface area contributed by atoms with E-state index in [2.05, 4.69) is 5.32 Å². The molecule has 0 radical (unpaired) electrons. The maximum atomic E-state index is 12.2. The molecule has 2 amide bonds. The fourth-order valence-electron chi connectivity index (χ4n) is 2.81. The Balaban J connectivity index is 1.97. The van der Waals surface area contributed by atoms with Crippen LogP contribution in [0.5, 0.6) is 0 Å². The van der Waals surface area contributed by atoms with Crippen molar-refractivity contribution in [2.45, 2.75) is 50.1 Å². The number of amides is 2. The van der Waals surface area contributed by atoms with Gasteiger partial charge in [0, 0.05) is 26.1 Å². The number of ether oxygens (including phenoxy) is 1. The summed E-state index contributed by atoms with van der Waals surface area (Å²) in [6.07, 6.45) is 5.82. The molecule has 0 aromatic rings. The van der Waals surface area contributed by atoms with Crippen LogP contribution in [0.15, 0.2) is 0 Å². The molecule has 0 aromatic carbocycles. The Bertz CT molecular complexity index is 347. The summed E-state index contributed by atoms with van der Waals surface area (Å²) in [6, 6.07) is -0.0817. The SMILES string of the molecule is CN(C(=O)NC1(C(=O)O)CCOC1)C1CCCCC1. The zero-order valence-corrected chi connectivity index (χ0v) is 11.4. The van der Waals surface area contributed by atoms with Gasteiger partial charge in [0.1, 0.15) is 0 Å². The maximum Gasteiger partial charge on any atom is 0.332 e. The van der Waals surface area contributed by atoms with Gasteiger partial charge in [-0.15, -0.1) is 0 Å². The molecule has 2 fully saturated rings. The molecular formula is C13H22N2O4. The average molecular weight is 270 g/mol. The van der Waals surface area contributed by atoms with Crippen LogP contribution in [0.2, 0.25) is 0 Å². The molecule has 1 aliphatic heterocycles. The van der Waals surface area contributed by atoms with Gasteiger partial charge in [-0.05, 0) is 12.8 Å². The molecule has 1 saturated carbocycles. The Kier molecular flexibility index (Phi) is 4.29. The minimum Gasteiger partial charge on any atom is -0.479 e. The molecule has 6 heteroatoms. The van der Waals surface area contributed by atoms with Crippen molar-refractivity contribution in [3.05, 3.63) is 0 Å². The van der Waals surface area contributed by atoms with Crippen molar-refractivity contribution in [1.82, 2.24) is 10.2 Å². The van der Waals surface area contributed by atoms with Gasteiger partial charge in [0.15, 0.2) is 5.54 Å². The number of hydrogen-bond donors (Lipinski definition) is 2. The number of nitrogens with one attached hydrogen (secondary N) is 1. The van der Waals surface area contributed by atoms with Crippen LogP contribution in [0, 0.1) is 0 Å². The van der Waals surface area contributed by atoms with E-state index in [-0.39, 0.29) is 18.7 Å². The summed E-state index contributed by atoms with van der Waals surface area (Å²) in [5.74, 6) is -1.02. The van der Waals surface area contributed by atoms with Gasteiger partial charge in [-0.2, -0.15) is 0 Å². The monoisotopic (exact) mass is 270 g/mol. The van der Waals surface area contributed by atoms with E-state index >= 15 is 0 Å². The van der Waals surface area contributed by atoms with Gasteiger partial charge in [-0.3, -0.25) is 0 Å². The van der Waals surface area contributed by atoms with E-state index in [1.165, 1.54) is 6.42 Å². The van der Waals surface area contributed by atoms with Crippen LogP contribution >= 0.6 is 0 Å². The zero-order chi connectivity index (χ0) is 13.9. The lowest BCUT2D eigenvalue weighted by molar-refractivity contribution is -0.144. The van der Waals surface area contributed by atoms with Crippen LogP contribution in [-0.2, 0) is 9.53 Å². The van der Waals surface area contributed by atoms with Gasteiger partial charge < -0.3 is 20.1 Å². The third-order valence-electron chi connectivity index (χ3n) is 4.22. The highest BCUT2D eigenvalue weighted by atomic mass is 16.5. The predicted octanol–water partition coefficient (Wildman–Crippen LogP) is 1.20. The number of carboxylic acids is 1. The standard InChI is InChI=1S/C13H22N2O4/c1-15(10-5-3-2-4-6-10)12(18)14-13(11(16)17)7-8-19-9-13/h10H,2-9H2,1H3,(H,14,18)(H,16,17). The van der Waals surface area contributed by atoms with Gasteiger partial charge in [0.2, 0.25) is 0 Å². The highest BCUT2D eigenvalue weighted by molar-refractivity contribution is 5.86. The van der Waals surface area contributed by atoms with Gasteiger partial charge in [0.25, 0.3) is 0 Å². The average Bonchev–Trinajstić information content (AvgIpc) is 2.88. The first-order chi connectivity index (χ1) is 9.05. The number of carboxylic acid groups (broad SMARTS) is 1. The second-order valence-electron chi connectivity index (χ2n) is 5.52. The van der Waals surface area contributed by atoms with E-state index in [9.17, 15) is 14.7 Å². The maximum absolute atomic E-state index is 12.2. The lowest BCUT2D eigenvalue weighted by Crippen LogP contribution is -2.59. The van der Waals surface area contributed by atoms with Crippen molar-refractivity contribution in [3.8, 4) is 0 Å². The highest BCUT2D eigenvalue weighted by Crippen LogP contribution is 2.23. The molecule has 1 saturated heterocycles. The Morgan fingerprint density at radius 2 is 2.00 bits per heavy atom. The number of rotatable bonds is 3. The summed E-state index contributed by atoms with van der Waals surface area (Å²) in [4.78, 5) is 25.2. The number of aliphatic carboxylic acids is 1. The second-order valence-corrected chi connectivity index (χ2v) is 5.52. The molecule has 6 nitrogen and oxygen atoms in total. The quantitative estimate of drug-likeness (QED) is 0.807. The van der Waals surface area contributed by atoms with Crippen molar-refractivity contribution < 1.29 is 19.4 Å². The smallest absolute Gasteiger partial charge is 0.332 e. The van der Waals surface area contributed by atoms with Crippen LogP contribution in [0.4, 0.5) is 4.79 Å². The Morgan fingerprint density at radius 1 is 1.32 bits per heavy atom. The summed E-state index contributed by atoms with van der Waals surface area (Å²) in [7, 11) is 1.75. The van der Waals surface area contributed by atoms with Gasteiger partial charge >= 0.3 is 12.0 Å². The summed E-state index contributed by atoms with van der Waals surface area (Å²) >= 11 is 0. The Labute approximate surface area is 113 Å². The topological polar surface area (TPSA) is 78.9 Å². The number of nitrogens with zero attached hydrogens (tertiary/aromatic N) is 1. The first kappa shape index (κ1) is 14.1. The second kappa shape index (κ2) is 5.77. The molecule has 0 bridgehead atoms. The van der Waals surface area contributed by atoms with Crippen LogP contribution in [0.3, 0.4) is 0 Å². The van der Waals surface area contributed by atoms with Crippen LogP contribution in [0.25, 0.3) is 0 Å². The van der Waals surface area contributed by atoms with Crippen LogP contribution in [0.1, 0.15) is 38.5 Å². The fourth-order valence-corrected chi connectivity index (χ4v) is 2.81. The van der Waals surface area contributed by atoms with Crippen molar-refractivity contribution in [2.24, 2.45) is 0 Å². The minimum atomic E-state index is -1.25. The van der Waals surface area contributed by atoms with Gasteiger partial charge in [-0.25, -0.2) is 9.59 Å². The normalized spacial score (nSPS) is 28.1. The summed E-state index contributed by atoms with van der Waals surface area (Å²) in [5.41, 5.74) is -1.25. The predicted molar refractivity (Wildman–Crippen MR) is 69.0 cm³/mol. The van der Waals surface area contributed by atoms with Crippen molar-refractivity contribution in [2.75, 3.05) is 20.3 Å². The van der Waals surface area contributed by atoms with Crippen LogP contribution < -0.4 is 5.32 Å². The first-order valence-corrected chi connectivity index (χ1v) is 6.91. The molecule has 19 heavy (non-hydrogen) atoms. The van der Waals surface area contributed by atoms with Gasteiger partial charge in [0.05, 0.1) is 6.61 Å². The zero-order valence-electron chi connectivity index (χ0n) is 11.4. The summed E-state index contributed by atoms with van der Waals surface area (Å²) < 4.78 is 5.13. The highest BCUT2D eigenvalue weighted by Gasteiger charge is 2.44. The Morgan fingerprint density at radius 3 is 2.53 bits per heavy atom. The van der Waals surface area contributed by atoms with Crippen LogP contribution in [-0.4, -0.2) is 53.8 Å². The molecule has 2 aliphatic rings. The lowest BCUT2D eigenvalue weighted by Gasteiger charge is -2.34. The van der Waals surface area contributed by atoms with Gasteiger partial charge in [-0.1, -0.05) is 19.3 Å². The number of urea groups is 1. The summed E-state index contributed by atoms with van der Waals surface area (Å²) in [5, 5.41) is 11.9. The number of carbonyl (C=O) groups excluding carboxylic acids is 1. The fraction of sp³-hybridized carbons (Fsp3) is 0.846. The molecule has 2 rings (SSSR count). The number of carbonyl (C=O) groups is 2. The third-order valence-corrected chi connectivity index (χ3v) is 4.22. The third kappa shape index (κ3) is 3.00. The van der Waals surface area contributed by atoms with E-state index in [0.29, 0.717) is 13.0 Å². The molecular weight excluding hydrogens is 248 g/mol. The van der Waals surface area contributed by atoms with E-state index in [0.717, 1.165) is 25.7 Å². The molecule has 1 atom stereocenters. The summed E-state index contributed by atoms with van der Waals surface area (Å²) in [6.45, 7) is 0.423. The lowest BCUT2D eigenvalue weighted by atomic mass is 9.94. The molecule has 0 aromatic heterocycles. The molecule has 108 valence electrons. The molecule has 0 spiro atoms. The Hall–Kier alpha value is -1.30. The molecule has 1 unspecified atom stereocenters. The first-order valence-electron chi connectivity index (χ1n) is 6.91. The number of hydrogen-bond acceptors (Lipinski definition) is 3. The van der Waals surface area contributed by atoms with E-state index in [1.54, 1.807) is 11.9 Å². The van der Waals surface area contributed by atoms with E-state index < -0.39 is 11.5 Å². The molecule has 1 heterocycles. The minimum absolute atomic E-state index is 0.0482. The van der Waals surface area contributed by atoms with Crippen molar-refractivity contribution in [3.63, 3.8) is 0 Å². The largest absolute Gasteiger partial charge is 0.479 e. The van der Waals surface area contributed by atoms with Crippen molar-refractivity contribution >= 4 is 12.0 Å². The van der Waals surface area contributed by atoms with E-state index in [4.69, 9.17) is 4.74 Å². The molecule has 2 N–H and O–H groups in total. The van der Waals surface area contributed by atoms with Crippen molar-refractivity contribution in [1.29, 1.82) is 0 Å². The molecule has 1 aliphatic carbocycles. The van der Waals surface area contributed by atoms with E-state index in [1.807, 2.05) is 0 Å².